The third kappa shape index (κ3) is 3.30. The van der Waals surface area contributed by atoms with Crippen molar-refractivity contribution < 1.29 is 18.4 Å². The number of nitrogens with one attached hydrogen (secondary N) is 1. The van der Waals surface area contributed by atoms with E-state index in [1.54, 1.807) is 49.5 Å². The highest BCUT2D eigenvalue weighted by atomic mass is 32.1. The molecule has 0 atom stereocenters. The van der Waals surface area contributed by atoms with E-state index in [-0.39, 0.29) is 22.5 Å². The van der Waals surface area contributed by atoms with Crippen LogP contribution < -0.4 is 5.32 Å². The number of pyridine rings is 1. The lowest BCUT2D eigenvalue weighted by Crippen LogP contribution is -2.11. The summed E-state index contributed by atoms with van der Waals surface area (Å²) in [5, 5.41) is 2.99. The quantitative estimate of drug-likeness (QED) is 0.522. The second-order valence-corrected chi connectivity index (χ2v) is 6.56. The van der Waals surface area contributed by atoms with Gasteiger partial charge in [-0.2, -0.15) is 0 Å². The molecule has 0 spiro atoms. The molecular weight excluding hydrogens is 366 g/mol. The SMILES string of the molecule is Cc1occc1C(=O)Nc1nc(-c2ccco2)c(C(=O)c2ccccn2)s1. The van der Waals surface area contributed by atoms with Gasteiger partial charge in [-0.05, 0) is 37.3 Å². The first-order chi connectivity index (χ1) is 13.1. The number of furan rings is 2. The van der Waals surface area contributed by atoms with Crippen molar-refractivity contribution in [2.75, 3.05) is 5.32 Å². The largest absolute Gasteiger partial charge is 0.469 e. The average molecular weight is 379 g/mol. The van der Waals surface area contributed by atoms with Gasteiger partial charge in [-0.15, -0.1) is 0 Å². The number of nitrogens with zero attached hydrogens (tertiary/aromatic N) is 2. The zero-order chi connectivity index (χ0) is 18.8. The zero-order valence-electron chi connectivity index (χ0n) is 14.1. The van der Waals surface area contributed by atoms with E-state index in [0.717, 1.165) is 11.3 Å². The van der Waals surface area contributed by atoms with Crippen LogP contribution in [-0.2, 0) is 0 Å². The first-order valence-electron chi connectivity index (χ1n) is 7.99. The van der Waals surface area contributed by atoms with Gasteiger partial charge >= 0.3 is 0 Å². The summed E-state index contributed by atoms with van der Waals surface area (Å²) in [7, 11) is 0. The minimum Gasteiger partial charge on any atom is -0.469 e. The summed E-state index contributed by atoms with van der Waals surface area (Å²) in [6.45, 7) is 1.70. The fraction of sp³-hybridized carbons (Fsp3) is 0.0526. The van der Waals surface area contributed by atoms with Crippen molar-refractivity contribution in [1.82, 2.24) is 9.97 Å². The summed E-state index contributed by atoms with van der Waals surface area (Å²) in [5.41, 5.74) is 1.06. The molecule has 1 amide bonds. The number of aryl methyl sites for hydroxylation is 1. The monoisotopic (exact) mass is 379 g/mol. The number of anilines is 1. The van der Waals surface area contributed by atoms with Gasteiger partial charge in [0.1, 0.15) is 22.0 Å². The van der Waals surface area contributed by atoms with Crippen LogP contribution in [0.25, 0.3) is 11.5 Å². The lowest BCUT2D eigenvalue weighted by Gasteiger charge is -1.99. The molecule has 0 saturated carbocycles. The van der Waals surface area contributed by atoms with Crippen LogP contribution in [0.15, 0.2) is 64.0 Å². The van der Waals surface area contributed by atoms with Gasteiger partial charge in [0.05, 0.1) is 18.1 Å². The van der Waals surface area contributed by atoms with Crippen molar-refractivity contribution in [3.8, 4) is 11.5 Å². The zero-order valence-corrected chi connectivity index (χ0v) is 14.9. The Labute approximate surface area is 157 Å². The molecule has 1 N–H and O–H groups in total. The molecule has 4 aromatic rings. The first-order valence-corrected chi connectivity index (χ1v) is 8.81. The Kier molecular flexibility index (Phi) is 4.39. The van der Waals surface area contributed by atoms with Crippen molar-refractivity contribution in [3.05, 3.63) is 77.0 Å². The molecule has 7 nitrogen and oxygen atoms in total. The number of hydrogen-bond acceptors (Lipinski definition) is 7. The Bertz CT molecular complexity index is 1100. The van der Waals surface area contributed by atoms with Crippen molar-refractivity contribution in [3.63, 3.8) is 0 Å². The predicted molar refractivity (Wildman–Crippen MR) is 98.9 cm³/mol. The molecule has 0 unspecified atom stereocenters. The fourth-order valence-electron chi connectivity index (χ4n) is 2.51. The Balaban J connectivity index is 1.71. The van der Waals surface area contributed by atoms with Gasteiger partial charge in [0, 0.05) is 6.20 Å². The van der Waals surface area contributed by atoms with Crippen LogP contribution in [0.4, 0.5) is 5.13 Å². The van der Waals surface area contributed by atoms with E-state index in [2.05, 4.69) is 15.3 Å². The van der Waals surface area contributed by atoms with Crippen molar-refractivity contribution in [2.24, 2.45) is 0 Å². The molecule has 4 aromatic heterocycles. The molecule has 8 heteroatoms. The molecule has 0 aliphatic heterocycles. The van der Waals surface area contributed by atoms with E-state index in [1.165, 1.54) is 12.5 Å². The molecule has 4 rings (SSSR count). The minimum absolute atomic E-state index is 0.284. The standard InChI is InChI=1S/C19H13N3O4S/c1-11-12(7-10-25-11)18(24)22-19-21-15(14-6-4-9-26-14)17(27-19)16(23)13-5-2-3-8-20-13/h2-10H,1H3,(H,21,22,24). The highest BCUT2D eigenvalue weighted by Gasteiger charge is 2.24. The number of thiazole rings is 1. The Morgan fingerprint density at radius 2 is 1.96 bits per heavy atom. The number of ketones is 1. The van der Waals surface area contributed by atoms with E-state index >= 15 is 0 Å². The minimum atomic E-state index is -0.363. The summed E-state index contributed by atoms with van der Waals surface area (Å²) in [5.74, 6) is 0.281. The summed E-state index contributed by atoms with van der Waals surface area (Å²) < 4.78 is 10.6. The average Bonchev–Trinajstić information content (AvgIpc) is 3.42. The van der Waals surface area contributed by atoms with Crippen LogP contribution in [0.3, 0.4) is 0 Å². The van der Waals surface area contributed by atoms with E-state index in [4.69, 9.17) is 8.83 Å². The molecule has 0 saturated heterocycles. The summed E-state index contributed by atoms with van der Waals surface area (Å²) >= 11 is 1.07. The number of rotatable bonds is 5. The Morgan fingerprint density at radius 3 is 2.63 bits per heavy atom. The van der Waals surface area contributed by atoms with Crippen molar-refractivity contribution in [2.45, 2.75) is 6.92 Å². The van der Waals surface area contributed by atoms with Gasteiger partial charge in [-0.25, -0.2) is 4.98 Å². The van der Waals surface area contributed by atoms with Crippen LogP contribution in [-0.4, -0.2) is 21.7 Å². The molecule has 0 fully saturated rings. The van der Waals surface area contributed by atoms with Crippen LogP contribution in [0.1, 0.15) is 31.5 Å². The van der Waals surface area contributed by atoms with E-state index in [1.807, 2.05) is 0 Å². The van der Waals surface area contributed by atoms with E-state index in [9.17, 15) is 9.59 Å². The normalized spacial score (nSPS) is 10.7. The predicted octanol–water partition coefficient (Wildman–Crippen LogP) is 4.18. The summed E-state index contributed by atoms with van der Waals surface area (Å²) in [4.78, 5) is 34.1. The third-order valence-electron chi connectivity index (χ3n) is 3.81. The lowest BCUT2D eigenvalue weighted by molar-refractivity contribution is 0.102. The van der Waals surface area contributed by atoms with Gasteiger partial charge in [0.2, 0.25) is 5.78 Å². The van der Waals surface area contributed by atoms with Crippen LogP contribution in [0.5, 0.6) is 0 Å². The molecular formula is C19H13N3O4S. The number of amides is 1. The van der Waals surface area contributed by atoms with Crippen molar-refractivity contribution >= 4 is 28.2 Å². The van der Waals surface area contributed by atoms with Crippen LogP contribution in [0.2, 0.25) is 0 Å². The molecule has 0 aliphatic rings. The molecule has 0 aromatic carbocycles. The highest BCUT2D eigenvalue weighted by Crippen LogP contribution is 2.33. The highest BCUT2D eigenvalue weighted by molar-refractivity contribution is 7.18. The third-order valence-corrected chi connectivity index (χ3v) is 4.78. The molecule has 27 heavy (non-hydrogen) atoms. The summed E-state index contributed by atoms with van der Waals surface area (Å²) in [6, 6.07) is 10.1. The smallest absolute Gasteiger partial charge is 0.260 e. The topological polar surface area (TPSA) is 98.2 Å². The first kappa shape index (κ1) is 16.9. The Morgan fingerprint density at radius 1 is 1.07 bits per heavy atom. The van der Waals surface area contributed by atoms with Gasteiger partial charge < -0.3 is 8.83 Å². The molecule has 134 valence electrons. The molecule has 0 bridgehead atoms. The maximum absolute atomic E-state index is 12.9. The maximum Gasteiger partial charge on any atom is 0.260 e. The number of carbonyl (C=O) groups is 2. The molecule has 4 heterocycles. The van der Waals surface area contributed by atoms with E-state index in [0.29, 0.717) is 27.7 Å². The number of carbonyl (C=O) groups excluding carboxylic acids is 2. The van der Waals surface area contributed by atoms with Crippen LogP contribution >= 0.6 is 11.3 Å². The fourth-order valence-corrected chi connectivity index (χ4v) is 3.42. The second kappa shape index (κ2) is 7.00. The maximum atomic E-state index is 12.9. The molecule has 0 aliphatic carbocycles. The van der Waals surface area contributed by atoms with Crippen LogP contribution in [0, 0.1) is 6.92 Å². The van der Waals surface area contributed by atoms with E-state index < -0.39 is 0 Å². The van der Waals surface area contributed by atoms with Crippen molar-refractivity contribution in [1.29, 1.82) is 0 Å². The molecule has 0 radical (unpaired) electrons. The number of hydrogen-bond donors (Lipinski definition) is 1. The lowest BCUT2D eigenvalue weighted by atomic mass is 10.1. The van der Waals surface area contributed by atoms with Gasteiger partial charge in [-0.3, -0.25) is 19.9 Å². The van der Waals surface area contributed by atoms with Gasteiger partial charge in [0.25, 0.3) is 5.91 Å². The number of aromatic nitrogens is 2. The summed E-state index contributed by atoms with van der Waals surface area (Å²) in [6.07, 6.45) is 4.48. The van der Waals surface area contributed by atoms with Gasteiger partial charge in [-0.1, -0.05) is 17.4 Å². The second-order valence-electron chi connectivity index (χ2n) is 5.56. The van der Waals surface area contributed by atoms with Gasteiger partial charge in [0.15, 0.2) is 10.9 Å². The Hall–Kier alpha value is -3.52.